The Balaban J connectivity index is 1.60. The first-order chi connectivity index (χ1) is 15.8. The van der Waals surface area contributed by atoms with Gasteiger partial charge in [-0.25, -0.2) is 18.1 Å². The number of hydrogen-bond donors (Lipinski definition) is 2. The van der Waals surface area contributed by atoms with Crippen LogP contribution in [-0.4, -0.2) is 26.4 Å². The van der Waals surface area contributed by atoms with Crippen LogP contribution >= 0.6 is 11.3 Å². The molecule has 170 valence electrons. The predicted octanol–water partition coefficient (Wildman–Crippen LogP) is 4.02. The molecular weight excluding hydrogens is 454 g/mol. The van der Waals surface area contributed by atoms with Crippen molar-refractivity contribution < 1.29 is 13.2 Å². The highest BCUT2D eigenvalue weighted by Gasteiger charge is 2.36. The van der Waals surface area contributed by atoms with E-state index in [1.807, 2.05) is 61.5 Å². The molecule has 0 spiro atoms. The second-order valence-electron chi connectivity index (χ2n) is 7.99. The van der Waals surface area contributed by atoms with Crippen molar-refractivity contribution in [3.63, 3.8) is 0 Å². The lowest BCUT2D eigenvalue weighted by atomic mass is 9.78. The maximum Gasteiger partial charge on any atom is 0.240 e. The second-order valence-corrected chi connectivity index (χ2v) is 11.0. The van der Waals surface area contributed by atoms with Gasteiger partial charge in [0.05, 0.1) is 25.5 Å². The van der Waals surface area contributed by atoms with Crippen molar-refractivity contribution >= 4 is 37.5 Å². The third-order valence-corrected chi connectivity index (χ3v) is 8.13. The molecule has 2 N–H and O–H groups in total. The molecule has 0 bridgehead atoms. The number of amides is 1. The van der Waals surface area contributed by atoms with Crippen LogP contribution in [0.5, 0.6) is 0 Å². The van der Waals surface area contributed by atoms with Crippen LogP contribution in [0, 0.1) is 0 Å². The fourth-order valence-corrected chi connectivity index (χ4v) is 5.66. The van der Waals surface area contributed by atoms with Gasteiger partial charge in [0, 0.05) is 13.0 Å². The van der Waals surface area contributed by atoms with E-state index in [-0.39, 0.29) is 17.3 Å². The molecule has 0 aliphatic heterocycles. The van der Waals surface area contributed by atoms with E-state index in [0.29, 0.717) is 12.0 Å². The van der Waals surface area contributed by atoms with Gasteiger partial charge in [0.2, 0.25) is 15.9 Å². The Morgan fingerprint density at radius 2 is 1.73 bits per heavy atom. The molecule has 1 unspecified atom stereocenters. The second kappa shape index (κ2) is 9.43. The Morgan fingerprint density at radius 3 is 2.45 bits per heavy atom. The van der Waals surface area contributed by atoms with Crippen molar-refractivity contribution in [2.24, 2.45) is 0 Å². The first-order valence-electron chi connectivity index (χ1n) is 10.5. The molecule has 0 saturated heterocycles. The van der Waals surface area contributed by atoms with E-state index in [9.17, 15) is 13.2 Å². The Morgan fingerprint density at radius 1 is 1.00 bits per heavy atom. The first kappa shape index (κ1) is 23.1. The van der Waals surface area contributed by atoms with Crippen molar-refractivity contribution in [1.82, 2.24) is 15.0 Å². The number of nitrogens with one attached hydrogen (secondary N) is 2. The first-order valence-corrected chi connectivity index (χ1v) is 12.8. The lowest BCUT2D eigenvalue weighted by molar-refractivity contribution is -0.126. The standard InChI is InChI=1S/C25H25N3O3S2/c1-25(19-10-4-3-5-11-19,16-23-28-21-13-6-7-14-22(21)32-23)24(29)27-17-18-9-8-12-20(15-18)33(30,31)26-2/h3-15,26H,16-17H2,1-2H3,(H,27,29). The Bertz CT molecular complexity index is 1350. The van der Waals surface area contributed by atoms with Gasteiger partial charge in [0.15, 0.2) is 0 Å². The summed E-state index contributed by atoms with van der Waals surface area (Å²) in [6, 6.07) is 24.2. The molecule has 0 aliphatic carbocycles. The molecule has 0 fully saturated rings. The Kier molecular flexibility index (Phi) is 6.60. The summed E-state index contributed by atoms with van der Waals surface area (Å²) in [5.74, 6) is -0.144. The number of rotatable bonds is 8. The summed E-state index contributed by atoms with van der Waals surface area (Å²) in [5, 5.41) is 3.90. The van der Waals surface area contributed by atoms with Crippen molar-refractivity contribution in [3.8, 4) is 0 Å². The smallest absolute Gasteiger partial charge is 0.240 e. The van der Waals surface area contributed by atoms with Crippen LogP contribution in [0.15, 0.2) is 83.8 Å². The Labute approximate surface area is 197 Å². The quantitative estimate of drug-likeness (QED) is 0.400. The van der Waals surface area contributed by atoms with Gasteiger partial charge >= 0.3 is 0 Å². The van der Waals surface area contributed by atoms with Crippen LogP contribution in [0.3, 0.4) is 0 Å². The molecule has 0 radical (unpaired) electrons. The number of hydrogen-bond acceptors (Lipinski definition) is 5. The molecule has 0 saturated carbocycles. The number of fused-ring (bicyclic) bond motifs is 1. The van der Waals surface area contributed by atoms with E-state index in [4.69, 9.17) is 4.98 Å². The van der Waals surface area contributed by atoms with Gasteiger partial charge in [0.25, 0.3) is 0 Å². The third-order valence-electron chi connectivity index (χ3n) is 5.69. The summed E-state index contributed by atoms with van der Waals surface area (Å²) in [4.78, 5) is 18.4. The number of para-hydroxylation sites is 1. The molecule has 6 nitrogen and oxygen atoms in total. The largest absolute Gasteiger partial charge is 0.351 e. The van der Waals surface area contributed by atoms with Crippen LogP contribution in [0.25, 0.3) is 10.2 Å². The van der Waals surface area contributed by atoms with Gasteiger partial charge in [-0.05, 0) is 49.4 Å². The Hall–Kier alpha value is -3.07. The average molecular weight is 480 g/mol. The summed E-state index contributed by atoms with van der Waals surface area (Å²) in [6.07, 6.45) is 0.455. The van der Waals surface area contributed by atoms with E-state index in [1.165, 1.54) is 13.1 Å². The van der Waals surface area contributed by atoms with Crippen LogP contribution in [0.4, 0.5) is 0 Å². The predicted molar refractivity (Wildman–Crippen MR) is 132 cm³/mol. The van der Waals surface area contributed by atoms with Crippen LogP contribution in [-0.2, 0) is 33.2 Å². The highest BCUT2D eigenvalue weighted by molar-refractivity contribution is 7.89. The maximum absolute atomic E-state index is 13.5. The van der Waals surface area contributed by atoms with E-state index < -0.39 is 15.4 Å². The third kappa shape index (κ3) is 4.98. The fourth-order valence-electron chi connectivity index (χ4n) is 3.74. The molecule has 33 heavy (non-hydrogen) atoms. The van der Waals surface area contributed by atoms with Crippen molar-refractivity contribution in [1.29, 1.82) is 0 Å². The summed E-state index contributed by atoms with van der Waals surface area (Å²) < 4.78 is 27.6. The topological polar surface area (TPSA) is 88.2 Å². The molecule has 4 rings (SSSR count). The van der Waals surface area contributed by atoms with E-state index in [0.717, 1.165) is 20.8 Å². The minimum Gasteiger partial charge on any atom is -0.351 e. The molecule has 1 heterocycles. The molecule has 4 aromatic rings. The summed E-state index contributed by atoms with van der Waals surface area (Å²) in [7, 11) is -2.18. The van der Waals surface area contributed by atoms with Crippen molar-refractivity contribution in [3.05, 3.63) is 95.0 Å². The molecule has 0 aliphatic rings. The number of benzene rings is 3. The highest BCUT2D eigenvalue weighted by Crippen LogP contribution is 2.32. The zero-order chi connectivity index (χ0) is 23.5. The van der Waals surface area contributed by atoms with Gasteiger partial charge < -0.3 is 5.32 Å². The minimum absolute atomic E-state index is 0.144. The molecular formula is C25H25N3O3S2. The van der Waals surface area contributed by atoms with Crippen LogP contribution < -0.4 is 10.0 Å². The van der Waals surface area contributed by atoms with Gasteiger partial charge in [0.1, 0.15) is 0 Å². The number of aromatic nitrogens is 1. The summed E-state index contributed by atoms with van der Waals surface area (Å²) in [5.41, 5.74) is 1.68. The minimum atomic E-state index is -3.55. The zero-order valence-corrected chi connectivity index (χ0v) is 20.0. The SMILES string of the molecule is CNS(=O)(=O)c1cccc(CNC(=O)C(C)(Cc2nc3ccccc3s2)c2ccccc2)c1. The average Bonchev–Trinajstić information content (AvgIpc) is 3.25. The molecule has 1 aromatic heterocycles. The lowest BCUT2D eigenvalue weighted by Crippen LogP contribution is -2.43. The van der Waals surface area contributed by atoms with E-state index in [2.05, 4.69) is 10.0 Å². The number of nitrogens with zero attached hydrogens (tertiary/aromatic N) is 1. The normalized spacial score (nSPS) is 13.5. The molecule has 1 atom stereocenters. The summed E-state index contributed by atoms with van der Waals surface area (Å²) >= 11 is 1.59. The molecule has 8 heteroatoms. The number of thiazole rings is 1. The van der Waals surface area contributed by atoms with Gasteiger partial charge in [-0.2, -0.15) is 0 Å². The lowest BCUT2D eigenvalue weighted by Gasteiger charge is -2.28. The fraction of sp³-hybridized carbons (Fsp3) is 0.200. The number of carbonyl (C=O) groups excluding carboxylic acids is 1. The van der Waals surface area contributed by atoms with Crippen LogP contribution in [0.1, 0.15) is 23.1 Å². The van der Waals surface area contributed by atoms with Gasteiger partial charge in [-0.1, -0.05) is 54.6 Å². The number of carbonyl (C=O) groups is 1. The molecule has 3 aromatic carbocycles. The molecule has 1 amide bonds. The zero-order valence-electron chi connectivity index (χ0n) is 18.4. The van der Waals surface area contributed by atoms with Gasteiger partial charge in [-0.3, -0.25) is 4.79 Å². The van der Waals surface area contributed by atoms with E-state index >= 15 is 0 Å². The number of sulfonamides is 1. The van der Waals surface area contributed by atoms with Crippen molar-refractivity contribution in [2.45, 2.75) is 30.2 Å². The van der Waals surface area contributed by atoms with E-state index in [1.54, 1.807) is 29.5 Å². The maximum atomic E-state index is 13.5. The summed E-state index contributed by atoms with van der Waals surface area (Å²) in [6.45, 7) is 2.14. The highest BCUT2D eigenvalue weighted by atomic mass is 32.2. The van der Waals surface area contributed by atoms with Gasteiger partial charge in [-0.15, -0.1) is 11.3 Å². The van der Waals surface area contributed by atoms with Crippen LogP contribution in [0.2, 0.25) is 0 Å². The monoisotopic (exact) mass is 479 g/mol. The van der Waals surface area contributed by atoms with Crippen molar-refractivity contribution in [2.75, 3.05) is 7.05 Å².